The molecule has 0 amide bonds. The van der Waals surface area contributed by atoms with Crippen LogP contribution in [0.25, 0.3) is 11.2 Å². The fraction of sp³-hybridized carbons (Fsp3) is 0.640. The Bertz CT molecular complexity index is 1230. The van der Waals surface area contributed by atoms with E-state index in [0.717, 1.165) is 18.7 Å². The largest absolute Gasteiger partial charge is 0.465 e. The lowest BCUT2D eigenvalue weighted by Crippen LogP contribution is -2.41. The third-order valence-corrected chi connectivity index (χ3v) is 8.47. The Morgan fingerprint density at radius 3 is 2.29 bits per heavy atom. The molecule has 0 radical (unpaired) electrons. The van der Waals surface area contributed by atoms with Crippen LogP contribution in [0.3, 0.4) is 0 Å². The van der Waals surface area contributed by atoms with Crippen LogP contribution in [0.15, 0.2) is 24.5 Å². The molecule has 41 heavy (non-hydrogen) atoms. The maximum Gasteiger partial charge on any atom is 0.323 e. The van der Waals surface area contributed by atoms with Crippen molar-refractivity contribution in [1.82, 2.24) is 29.7 Å². The number of aliphatic hydroxyl groups excluding tert-OH is 1. The number of imidazole rings is 1. The van der Waals surface area contributed by atoms with Crippen molar-refractivity contribution >= 4 is 36.4 Å². The van der Waals surface area contributed by atoms with Crippen LogP contribution in [0, 0.1) is 0 Å². The van der Waals surface area contributed by atoms with Crippen molar-refractivity contribution in [1.29, 1.82) is 0 Å². The molecule has 2 aromatic rings. The molecule has 1 aliphatic heterocycles. The van der Waals surface area contributed by atoms with Crippen LogP contribution in [0.1, 0.15) is 59.6 Å². The van der Waals surface area contributed by atoms with Crippen LogP contribution in [0.5, 0.6) is 0 Å². The molecular weight excluding hydrogens is 560 g/mol. The summed E-state index contributed by atoms with van der Waals surface area (Å²) in [5, 5.41) is 16.0. The first-order chi connectivity index (χ1) is 19.5. The number of esters is 2. The summed E-state index contributed by atoms with van der Waals surface area (Å²) in [6.07, 6.45) is 0.555. The van der Waals surface area contributed by atoms with E-state index in [1.807, 2.05) is 13.8 Å². The third kappa shape index (κ3) is 8.29. The number of nitrogens with two attached hydrogens (primary N) is 1. The van der Waals surface area contributed by atoms with Gasteiger partial charge >= 0.3 is 11.9 Å². The van der Waals surface area contributed by atoms with Crippen molar-refractivity contribution in [2.45, 2.75) is 90.1 Å². The number of aliphatic hydroxyl groups is 1. The summed E-state index contributed by atoms with van der Waals surface area (Å²) in [4.78, 5) is 36.9. The van der Waals surface area contributed by atoms with Crippen molar-refractivity contribution in [3.63, 3.8) is 0 Å². The molecule has 2 aromatic heterocycles. The number of halogens is 1. The van der Waals surface area contributed by atoms with E-state index in [-0.39, 0.29) is 30.2 Å². The van der Waals surface area contributed by atoms with E-state index in [1.165, 1.54) is 37.1 Å². The zero-order valence-electron chi connectivity index (χ0n) is 23.6. The highest BCUT2D eigenvalue weighted by Crippen LogP contribution is 2.42. The lowest BCUT2D eigenvalue weighted by Gasteiger charge is -2.24. The van der Waals surface area contributed by atoms with Gasteiger partial charge in [0, 0.05) is 5.82 Å². The first kappa shape index (κ1) is 32.5. The molecule has 1 aliphatic rings. The van der Waals surface area contributed by atoms with Crippen LogP contribution in [-0.2, 0) is 28.4 Å². The smallest absolute Gasteiger partial charge is 0.323 e. The molecule has 0 bridgehead atoms. The number of ether oxygens (including phenoxy) is 3. The van der Waals surface area contributed by atoms with Gasteiger partial charge in [-0.05, 0) is 32.8 Å². The number of carbonyl (C=O) groups excluding carboxylic acids is 2. The number of nitrogens with one attached hydrogen (secondary N) is 2. The summed E-state index contributed by atoms with van der Waals surface area (Å²) in [6.45, 7) is 7.24. The van der Waals surface area contributed by atoms with Crippen LogP contribution < -0.4 is 15.9 Å². The number of carbonyl (C=O) groups is 2. The predicted octanol–water partition coefficient (Wildman–Crippen LogP) is 2.35. The number of rotatable bonds is 15. The Labute approximate surface area is 237 Å². The molecule has 3 heterocycles. The average molecular weight is 600 g/mol. The van der Waals surface area contributed by atoms with E-state index in [4.69, 9.17) is 19.9 Å². The zero-order valence-corrected chi connectivity index (χ0v) is 24.5. The molecule has 0 aromatic carbocycles. The van der Waals surface area contributed by atoms with Crippen molar-refractivity contribution < 1.29 is 37.9 Å². The minimum Gasteiger partial charge on any atom is -0.465 e. The van der Waals surface area contributed by atoms with E-state index >= 15 is 4.39 Å². The van der Waals surface area contributed by atoms with E-state index in [1.54, 1.807) is 0 Å². The number of nitrogen functional groups attached to an aromatic ring is 1. The average Bonchev–Trinajstić information content (AvgIpc) is 3.49. The number of unbranched alkanes of at least 4 members (excludes halogenated alkanes) is 2. The predicted molar refractivity (Wildman–Crippen MR) is 148 cm³/mol. The summed E-state index contributed by atoms with van der Waals surface area (Å²) >= 11 is 0. The number of alkyl halides is 1. The summed E-state index contributed by atoms with van der Waals surface area (Å²) in [7, 11) is -3.89. The molecule has 1 saturated heterocycles. The first-order valence-corrected chi connectivity index (χ1v) is 15.4. The molecule has 0 saturated carbocycles. The van der Waals surface area contributed by atoms with Crippen LogP contribution in [0.2, 0.25) is 0 Å². The number of fused-ring (bicyclic) bond motifs is 1. The first-order valence-electron chi connectivity index (χ1n) is 13.6. The minimum atomic E-state index is -3.89. The SMILES string of the molecule is CCCCOC(=O)[C@H](C)NP(=O)(/C=C/[C@H]1O[C@@H](n2cnc3c(N)ncnc32)[C@H](F)[C@@H]1O)N[C@H](C)C(=O)OCCCC. The zero-order chi connectivity index (χ0) is 30.2. The highest BCUT2D eigenvalue weighted by Gasteiger charge is 2.45. The van der Waals surface area contributed by atoms with Crippen LogP contribution in [0.4, 0.5) is 10.2 Å². The molecule has 7 atom stereocenters. The number of hydrogen-bond donors (Lipinski definition) is 4. The van der Waals surface area contributed by atoms with Crippen LogP contribution >= 0.6 is 7.44 Å². The summed E-state index contributed by atoms with van der Waals surface area (Å²) in [6, 6.07) is -2.06. The fourth-order valence-electron chi connectivity index (χ4n) is 4.00. The van der Waals surface area contributed by atoms with E-state index < -0.39 is 56.1 Å². The van der Waals surface area contributed by atoms with Crippen molar-refractivity contribution in [2.24, 2.45) is 0 Å². The Hall–Kier alpha value is -2.97. The highest BCUT2D eigenvalue weighted by molar-refractivity contribution is 7.63. The molecule has 3 rings (SSSR count). The van der Waals surface area contributed by atoms with E-state index in [0.29, 0.717) is 12.8 Å². The highest BCUT2D eigenvalue weighted by atomic mass is 31.2. The summed E-state index contributed by atoms with van der Waals surface area (Å²) in [5.41, 5.74) is 6.26. The Kier molecular flexibility index (Phi) is 11.7. The van der Waals surface area contributed by atoms with Gasteiger partial charge in [0.25, 0.3) is 0 Å². The molecule has 1 fully saturated rings. The molecule has 228 valence electrons. The van der Waals surface area contributed by atoms with Gasteiger partial charge in [0.2, 0.25) is 7.44 Å². The minimum absolute atomic E-state index is 0.0990. The van der Waals surface area contributed by atoms with Gasteiger partial charge in [-0.25, -0.2) is 29.5 Å². The topological polar surface area (TPSA) is 193 Å². The van der Waals surface area contributed by atoms with Gasteiger partial charge in [-0.1, -0.05) is 26.7 Å². The molecule has 5 N–H and O–H groups in total. The second-order valence-electron chi connectivity index (χ2n) is 9.75. The normalized spacial score (nSPS) is 23.9. The van der Waals surface area contributed by atoms with Crippen molar-refractivity contribution in [2.75, 3.05) is 18.9 Å². The van der Waals surface area contributed by atoms with Gasteiger partial charge in [0.05, 0.1) is 19.5 Å². The maximum absolute atomic E-state index is 15.2. The molecule has 0 spiro atoms. The van der Waals surface area contributed by atoms with Gasteiger partial charge in [0.15, 0.2) is 23.9 Å². The standard InChI is InChI=1S/C25H39FN7O7P/c1-5-7-10-38-24(35)15(3)31-41(37,32-16(4)25(36)39-11-8-6-2)12-9-17-20(34)18(26)23(40-17)33-14-30-19-21(27)28-13-29-22(19)33/h9,12-18,20,23,34H,5-8,10-11H2,1-4H3,(H2,27,28,29)(H2,31,32,37)/b12-9+/t15-,16+,17-,18-,20-,23-,41?/m1/s1. The second-order valence-corrected chi connectivity index (χ2v) is 11.9. The molecule has 1 unspecified atom stereocenters. The second kappa shape index (κ2) is 14.8. The quantitative estimate of drug-likeness (QED) is 0.133. The van der Waals surface area contributed by atoms with Gasteiger partial charge in [-0.3, -0.25) is 18.7 Å². The lowest BCUT2D eigenvalue weighted by atomic mass is 10.1. The van der Waals surface area contributed by atoms with Gasteiger partial charge in [-0.2, -0.15) is 0 Å². The Balaban J connectivity index is 1.80. The number of nitrogens with zero attached hydrogens (tertiary/aromatic N) is 4. The monoisotopic (exact) mass is 599 g/mol. The van der Waals surface area contributed by atoms with Crippen LogP contribution in [-0.4, -0.2) is 80.2 Å². The van der Waals surface area contributed by atoms with E-state index in [9.17, 15) is 19.3 Å². The van der Waals surface area contributed by atoms with Gasteiger partial charge < -0.3 is 25.1 Å². The van der Waals surface area contributed by atoms with Gasteiger partial charge in [-0.15, -0.1) is 0 Å². The number of aromatic nitrogens is 4. The molecule has 14 nitrogen and oxygen atoms in total. The Morgan fingerprint density at radius 1 is 1.15 bits per heavy atom. The van der Waals surface area contributed by atoms with Crippen molar-refractivity contribution in [3.8, 4) is 0 Å². The summed E-state index contributed by atoms with van der Waals surface area (Å²) in [5.74, 6) is -0.0436. The lowest BCUT2D eigenvalue weighted by molar-refractivity contribution is -0.145. The summed E-state index contributed by atoms with van der Waals surface area (Å²) < 4.78 is 46.6. The number of anilines is 1. The fourth-order valence-corrected chi connectivity index (χ4v) is 6.02. The van der Waals surface area contributed by atoms with Crippen molar-refractivity contribution in [3.05, 3.63) is 24.5 Å². The third-order valence-electron chi connectivity index (χ3n) is 6.34. The number of hydrogen-bond acceptors (Lipinski definition) is 11. The van der Waals surface area contributed by atoms with Gasteiger partial charge in [0.1, 0.15) is 36.1 Å². The molecule has 0 aliphatic carbocycles. The Morgan fingerprint density at radius 2 is 1.73 bits per heavy atom. The molecule has 16 heteroatoms. The molecular formula is C25H39FN7O7P. The maximum atomic E-state index is 15.2. The van der Waals surface area contributed by atoms with E-state index in [2.05, 4.69) is 25.1 Å².